The molecule has 0 radical (unpaired) electrons. The van der Waals surface area contributed by atoms with E-state index in [4.69, 9.17) is 4.74 Å². The number of carbonyl (C=O) groups excluding carboxylic acids is 1. The normalized spacial score (nSPS) is 46.2. The predicted octanol–water partition coefficient (Wildman–Crippen LogP) is 7.57. The first-order chi connectivity index (χ1) is 14.1. The van der Waals surface area contributed by atoms with Gasteiger partial charge in [0.1, 0.15) is 6.10 Å². The van der Waals surface area contributed by atoms with Gasteiger partial charge < -0.3 is 4.74 Å². The van der Waals surface area contributed by atoms with Gasteiger partial charge in [-0.25, -0.2) is 0 Å². The maximum absolute atomic E-state index is 11.5. The third-order valence-electron chi connectivity index (χ3n) is 10.6. The molecule has 0 spiro atoms. The van der Waals surface area contributed by atoms with Crippen LogP contribution >= 0.6 is 0 Å². The van der Waals surface area contributed by atoms with Crippen molar-refractivity contribution in [3.8, 4) is 0 Å². The van der Waals surface area contributed by atoms with Crippen molar-refractivity contribution in [2.45, 2.75) is 112 Å². The van der Waals surface area contributed by atoms with Gasteiger partial charge in [-0.15, -0.1) is 0 Å². The molecule has 0 N–H and O–H groups in total. The minimum Gasteiger partial charge on any atom is -0.463 e. The highest BCUT2D eigenvalue weighted by Gasteiger charge is 2.60. The Hall–Kier alpha value is -0.790. The second-order valence-electron chi connectivity index (χ2n) is 12.4. The monoisotopic (exact) mass is 414 g/mol. The molecule has 2 nitrogen and oxygen atoms in total. The molecule has 0 unspecified atom stereocenters. The van der Waals surface area contributed by atoms with E-state index in [1.807, 2.05) is 0 Å². The number of hydrogen-bond acceptors (Lipinski definition) is 2. The summed E-state index contributed by atoms with van der Waals surface area (Å²) in [5.74, 6) is 5.18. The smallest absolute Gasteiger partial charge is 0.302 e. The van der Waals surface area contributed by atoms with E-state index in [9.17, 15) is 4.79 Å². The number of carbonyl (C=O) groups is 1. The van der Waals surface area contributed by atoms with Gasteiger partial charge in [0.2, 0.25) is 0 Å². The van der Waals surface area contributed by atoms with Crippen molar-refractivity contribution in [2.75, 3.05) is 0 Å². The Balaban J connectivity index is 1.48. The maximum atomic E-state index is 11.5. The van der Waals surface area contributed by atoms with Gasteiger partial charge >= 0.3 is 5.97 Å². The van der Waals surface area contributed by atoms with E-state index in [1.165, 1.54) is 56.9 Å². The summed E-state index contributed by atoms with van der Waals surface area (Å²) in [7, 11) is 0. The molecule has 0 bridgehead atoms. The quantitative estimate of drug-likeness (QED) is 0.350. The van der Waals surface area contributed by atoms with Gasteiger partial charge in [-0.2, -0.15) is 0 Å². The van der Waals surface area contributed by atoms with Crippen molar-refractivity contribution in [1.29, 1.82) is 0 Å². The zero-order valence-electron chi connectivity index (χ0n) is 20.5. The van der Waals surface area contributed by atoms with E-state index in [1.54, 1.807) is 6.92 Å². The standard InChI is InChI=1S/C28H46O2/c1-18(2)7-8-19(3)24-11-12-25-23-10-9-21-17-22(30-20(4)29)13-15-27(21,5)26(23)14-16-28(24,25)6/h7,19,21-26H,8-17H2,1-6H3/t19-,21-,22-,23-,24+,25-,26-,27-,28+/m0/s1. The van der Waals surface area contributed by atoms with Gasteiger partial charge in [-0.3, -0.25) is 4.79 Å². The fourth-order valence-electron chi connectivity index (χ4n) is 9.12. The molecule has 0 aromatic carbocycles. The van der Waals surface area contributed by atoms with Gasteiger partial charge in [0.25, 0.3) is 0 Å². The molecule has 30 heavy (non-hydrogen) atoms. The lowest BCUT2D eigenvalue weighted by Crippen LogP contribution is -2.54. The Kier molecular flexibility index (Phi) is 6.19. The summed E-state index contributed by atoms with van der Waals surface area (Å²) in [5.41, 5.74) is 2.52. The van der Waals surface area contributed by atoms with Gasteiger partial charge in [-0.05, 0) is 124 Å². The molecule has 0 aromatic heterocycles. The molecule has 4 aliphatic carbocycles. The summed E-state index contributed by atoms with van der Waals surface area (Å²) >= 11 is 0. The Morgan fingerprint density at radius 2 is 1.67 bits per heavy atom. The molecule has 0 aliphatic heterocycles. The van der Waals surface area contributed by atoms with E-state index < -0.39 is 0 Å². The van der Waals surface area contributed by atoms with Crippen LogP contribution in [-0.4, -0.2) is 12.1 Å². The van der Waals surface area contributed by atoms with Crippen LogP contribution in [0.3, 0.4) is 0 Å². The van der Waals surface area contributed by atoms with E-state index >= 15 is 0 Å². The van der Waals surface area contributed by atoms with Crippen LogP contribution < -0.4 is 0 Å². The van der Waals surface area contributed by atoms with Gasteiger partial charge in [-0.1, -0.05) is 32.4 Å². The number of rotatable bonds is 4. The van der Waals surface area contributed by atoms with Gasteiger partial charge in [0.05, 0.1) is 0 Å². The Bertz CT molecular complexity index is 676. The molecule has 9 atom stereocenters. The summed E-state index contributed by atoms with van der Waals surface area (Å²) in [4.78, 5) is 11.5. The van der Waals surface area contributed by atoms with E-state index in [-0.39, 0.29) is 12.1 Å². The van der Waals surface area contributed by atoms with Crippen molar-refractivity contribution in [3.05, 3.63) is 11.6 Å². The molecular formula is C28H46O2. The van der Waals surface area contributed by atoms with Crippen molar-refractivity contribution in [2.24, 2.45) is 46.3 Å². The first kappa shape index (κ1) is 22.4. The largest absolute Gasteiger partial charge is 0.463 e. The topological polar surface area (TPSA) is 26.3 Å². The number of esters is 1. The molecule has 4 aliphatic rings. The summed E-state index contributed by atoms with van der Waals surface area (Å²) in [6, 6.07) is 0. The second-order valence-corrected chi connectivity index (χ2v) is 12.4. The summed E-state index contributed by atoms with van der Waals surface area (Å²) < 4.78 is 5.64. The fourth-order valence-corrected chi connectivity index (χ4v) is 9.12. The van der Waals surface area contributed by atoms with Gasteiger partial charge in [0, 0.05) is 6.92 Å². The lowest BCUT2D eigenvalue weighted by Gasteiger charge is -2.61. The number of fused-ring (bicyclic) bond motifs is 5. The number of allylic oxidation sites excluding steroid dienone is 2. The Morgan fingerprint density at radius 3 is 2.37 bits per heavy atom. The van der Waals surface area contributed by atoms with Crippen LogP contribution in [-0.2, 0) is 9.53 Å². The molecule has 4 fully saturated rings. The molecule has 0 amide bonds. The zero-order valence-corrected chi connectivity index (χ0v) is 20.5. The van der Waals surface area contributed by atoms with Crippen LogP contribution in [0.25, 0.3) is 0 Å². The molecule has 2 heteroatoms. The lowest BCUT2D eigenvalue weighted by molar-refractivity contribution is -0.160. The SMILES string of the molecule is CC(=O)O[C@H]1CC[C@@]2(C)[C@@H](CC[C@@H]3[C@@H]2CC[C@]2(C)[C@@H]([C@@H](C)CC=C(C)C)CC[C@@H]32)C1. The minimum atomic E-state index is -0.0926. The molecule has 0 aromatic rings. The van der Waals surface area contributed by atoms with Crippen molar-refractivity contribution in [1.82, 2.24) is 0 Å². The average Bonchev–Trinajstić information content (AvgIpc) is 3.03. The molecule has 0 heterocycles. The molecule has 4 saturated carbocycles. The summed E-state index contributed by atoms with van der Waals surface area (Å²) in [6.45, 7) is 13.9. The molecule has 170 valence electrons. The van der Waals surface area contributed by atoms with Crippen molar-refractivity contribution in [3.63, 3.8) is 0 Å². The summed E-state index contributed by atoms with van der Waals surface area (Å²) in [5, 5.41) is 0. The van der Waals surface area contributed by atoms with Crippen LogP contribution in [0.2, 0.25) is 0 Å². The maximum Gasteiger partial charge on any atom is 0.302 e. The highest BCUT2D eigenvalue weighted by atomic mass is 16.5. The van der Waals surface area contributed by atoms with E-state index in [2.05, 4.69) is 40.7 Å². The number of hydrogen-bond donors (Lipinski definition) is 0. The van der Waals surface area contributed by atoms with Crippen molar-refractivity contribution < 1.29 is 9.53 Å². The zero-order chi connectivity index (χ0) is 21.7. The van der Waals surface area contributed by atoms with Crippen LogP contribution in [0.15, 0.2) is 11.6 Å². The van der Waals surface area contributed by atoms with Gasteiger partial charge in [0.15, 0.2) is 0 Å². The third-order valence-corrected chi connectivity index (χ3v) is 10.6. The number of ether oxygens (including phenoxy) is 1. The first-order valence-corrected chi connectivity index (χ1v) is 13.0. The first-order valence-electron chi connectivity index (χ1n) is 13.0. The summed E-state index contributed by atoms with van der Waals surface area (Å²) in [6.07, 6.45) is 16.0. The van der Waals surface area contributed by atoms with Crippen LogP contribution in [0.5, 0.6) is 0 Å². The molecule has 4 rings (SSSR count). The lowest BCUT2D eigenvalue weighted by atomic mass is 9.44. The van der Waals surface area contributed by atoms with Crippen LogP contribution in [0.1, 0.15) is 106 Å². The van der Waals surface area contributed by atoms with Crippen LogP contribution in [0.4, 0.5) is 0 Å². The van der Waals surface area contributed by atoms with Crippen molar-refractivity contribution >= 4 is 5.97 Å². The Labute approximate surface area is 185 Å². The molecular weight excluding hydrogens is 368 g/mol. The van der Waals surface area contributed by atoms with Crippen LogP contribution in [0, 0.1) is 46.3 Å². The fraction of sp³-hybridized carbons (Fsp3) is 0.893. The Morgan fingerprint density at radius 1 is 0.967 bits per heavy atom. The third kappa shape index (κ3) is 3.79. The minimum absolute atomic E-state index is 0.0926. The average molecular weight is 415 g/mol. The highest BCUT2D eigenvalue weighted by molar-refractivity contribution is 5.66. The van der Waals surface area contributed by atoms with E-state index in [0.717, 1.165) is 48.3 Å². The predicted molar refractivity (Wildman–Crippen MR) is 124 cm³/mol. The molecule has 0 saturated heterocycles. The van der Waals surface area contributed by atoms with E-state index in [0.29, 0.717) is 10.8 Å². The highest BCUT2D eigenvalue weighted by Crippen LogP contribution is 2.68. The second kappa shape index (κ2) is 8.28.